The van der Waals surface area contributed by atoms with Gasteiger partial charge in [0.15, 0.2) is 11.6 Å². The van der Waals surface area contributed by atoms with Crippen LogP contribution in [0, 0.1) is 18.6 Å². The molecule has 0 bridgehead atoms. The number of ether oxygens (including phenoxy) is 2. The molecule has 1 fully saturated rings. The Bertz CT molecular complexity index is 1280. The van der Waals surface area contributed by atoms with Crippen molar-refractivity contribution in [2.24, 2.45) is 0 Å². The van der Waals surface area contributed by atoms with Gasteiger partial charge in [-0.05, 0) is 50.6 Å². The maximum atomic E-state index is 14.0. The van der Waals surface area contributed by atoms with E-state index in [1.165, 1.54) is 6.07 Å². The molecule has 0 saturated carbocycles. The van der Waals surface area contributed by atoms with Gasteiger partial charge in [0.25, 0.3) is 0 Å². The van der Waals surface area contributed by atoms with Gasteiger partial charge in [0.05, 0.1) is 36.1 Å². The fraction of sp³-hybridized carbons (Fsp3) is 0.429. The number of halogens is 2. The van der Waals surface area contributed by atoms with E-state index in [1.54, 1.807) is 30.7 Å². The highest BCUT2D eigenvalue weighted by Crippen LogP contribution is 2.31. The summed E-state index contributed by atoms with van der Waals surface area (Å²) in [7, 11) is 1.57. The van der Waals surface area contributed by atoms with Gasteiger partial charge in [0.1, 0.15) is 12.7 Å². The van der Waals surface area contributed by atoms with Crippen LogP contribution < -0.4 is 10.1 Å². The average molecular weight is 545 g/mol. The standard InChI is InChI=1S/C28H34F2N4O5/c1-18-24(34(20-8-6-5-7-9-20)32-27(18)38-17-28(2,3)36)15-25(35)31-23-16-33(12-13-37-4)39-26(23)19-10-11-21(29)22(30)14-19/h5-11,14,23,26,36H,12-13,15-17H2,1-4H3,(H,31,35)/t23-,26+/m1/s1. The van der Waals surface area contributed by atoms with Crippen molar-refractivity contribution < 1.29 is 33.0 Å². The summed E-state index contributed by atoms with van der Waals surface area (Å²) in [6.45, 7) is 6.26. The van der Waals surface area contributed by atoms with Crippen molar-refractivity contribution >= 4 is 5.91 Å². The summed E-state index contributed by atoms with van der Waals surface area (Å²) in [4.78, 5) is 19.4. The first-order valence-corrected chi connectivity index (χ1v) is 12.7. The number of amides is 1. The fourth-order valence-corrected chi connectivity index (χ4v) is 4.32. The number of para-hydroxylation sites is 1. The molecule has 2 heterocycles. The van der Waals surface area contributed by atoms with Gasteiger partial charge in [-0.25, -0.2) is 13.5 Å². The minimum absolute atomic E-state index is 0.0257. The molecule has 2 N–H and O–H groups in total. The second kappa shape index (κ2) is 12.2. The lowest BCUT2D eigenvalue weighted by Crippen LogP contribution is -2.41. The van der Waals surface area contributed by atoms with Crippen LogP contribution in [0.1, 0.15) is 36.8 Å². The Morgan fingerprint density at radius 1 is 1.21 bits per heavy atom. The molecule has 1 aliphatic heterocycles. The van der Waals surface area contributed by atoms with E-state index in [-0.39, 0.29) is 18.9 Å². The van der Waals surface area contributed by atoms with Gasteiger partial charge in [-0.1, -0.05) is 24.3 Å². The van der Waals surface area contributed by atoms with E-state index in [0.29, 0.717) is 42.4 Å². The third-order valence-electron chi connectivity index (χ3n) is 6.28. The molecule has 1 aromatic heterocycles. The number of aliphatic hydroxyl groups is 1. The van der Waals surface area contributed by atoms with Crippen LogP contribution in [-0.4, -0.2) is 70.9 Å². The zero-order valence-corrected chi connectivity index (χ0v) is 22.5. The largest absolute Gasteiger partial charge is 0.473 e. The molecule has 1 saturated heterocycles. The van der Waals surface area contributed by atoms with Gasteiger partial charge in [0.2, 0.25) is 11.8 Å². The highest BCUT2D eigenvalue weighted by atomic mass is 19.2. The third kappa shape index (κ3) is 7.18. The summed E-state index contributed by atoms with van der Waals surface area (Å²) in [6, 6.07) is 12.4. The lowest BCUT2D eigenvalue weighted by atomic mass is 10.0. The number of benzene rings is 2. The maximum absolute atomic E-state index is 14.0. The maximum Gasteiger partial charge on any atom is 0.236 e. The summed E-state index contributed by atoms with van der Waals surface area (Å²) in [5, 5.41) is 19.3. The lowest BCUT2D eigenvalue weighted by molar-refractivity contribution is -0.154. The highest BCUT2D eigenvalue weighted by molar-refractivity contribution is 5.79. The van der Waals surface area contributed by atoms with Crippen molar-refractivity contribution in [3.63, 3.8) is 0 Å². The Morgan fingerprint density at radius 2 is 1.95 bits per heavy atom. The van der Waals surface area contributed by atoms with E-state index in [1.807, 2.05) is 37.3 Å². The molecule has 2 atom stereocenters. The highest BCUT2D eigenvalue weighted by Gasteiger charge is 2.37. The lowest BCUT2D eigenvalue weighted by Gasteiger charge is -2.19. The first-order valence-electron chi connectivity index (χ1n) is 12.7. The van der Waals surface area contributed by atoms with Crippen LogP contribution in [0.5, 0.6) is 5.88 Å². The van der Waals surface area contributed by atoms with E-state index in [4.69, 9.17) is 14.3 Å². The zero-order chi connectivity index (χ0) is 28.2. The Kier molecular flexibility index (Phi) is 8.96. The van der Waals surface area contributed by atoms with Crippen molar-refractivity contribution in [2.45, 2.75) is 44.9 Å². The summed E-state index contributed by atoms with van der Waals surface area (Å²) < 4.78 is 40.1. The first-order chi connectivity index (χ1) is 18.6. The predicted octanol–water partition coefficient (Wildman–Crippen LogP) is 3.27. The number of aromatic nitrogens is 2. The normalized spacial score (nSPS) is 17.9. The van der Waals surface area contributed by atoms with Gasteiger partial charge in [-0.3, -0.25) is 9.63 Å². The molecular weight excluding hydrogens is 510 g/mol. The first kappa shape index (κ1) is 28.6. The van der Waals surface area contributed by atoms with Gasteiger partial charge in [0, 0.05) is 25.8 Å². The summed E-state index contributed by atoms with van der Waals surface area (Å²) >= 11 is 0. The molecule has 0 radical (unpaired) electrons. The van der Waals surface area contributed by atoms with Crippen molar-refractivity contribution in [2.75, 3.05) is 33.4 Å². The summed E-state index contributed by atoms with van der Waals surface area (Å²) in [5.74, 6) is -1.93. The second-order valence-corrected chi connectivity index (χ2v) is 10.2. The van der Waals surface area contributed by atoms with Crippen LogP contribution >= 0.6 is 0 Å². The van der Waals surface area contributed by atoms with E-state index >= 15 is 0 Å². The van der Waals surface area contributed by atoms with Gasteiger partial charge < -0.3 is 19.9 Å². The molecule has 3 aromatic rings. The van der Waals surface area contributed by atoms with Crippen molar-refractivity contribution in [1.82, 2.24) is 20.2 Å². The number of methoxy groups -OCH3 is 1. The number of hydroxylamine groups is 2. The Balaban J connectivity index is 1.57. The van der Waals surface area contributed by atoms with Crippen molar-refractivity contribution in [1.29, 1.82) is 0 Å². The van der Waals surface area contributed by atoms with E-state index in [2.05, 4.69) is 10.4 Å². The van der Waals surface area contributed by atoms with Crippen molar-refractivity contribution in [3.8, 4) is 11.6 Å². The quantitative estimate of drug-likeness (QED) is 0.382. The van der Waals surface area contributed by atoms with Crippen LogP contribution in [0.15, 0.2) is 48.5 Å². The molecule has 1 aliphatic rings. The molecule has 0 aliphatic carbocycles. The number of hydrogen-bond acceptors (Lipinski definition) is 7. The summed E-state index contributed by atoms with van der Waals surface area (Å²) in [6.07, 6.45) is -0.745. The molecule has 9 nitrogen and oxygen atoms in total. The van der Waals surface area contributed by atoms with E-state index in [9.17, 15) is 18.7 Å². The Hall–Kier alpha value is -3.38. The van der Waals surface area contributed by atoms with Gasteiger partial charge >= 0.3 is 0 Å². The molecule has 1 amide bonds. The second-order valence-electron chi connectivity index (χ2n) is 10.2. The number of nitrogens with one attached hydrogen (secondary N) is 1. The smallest absolute Gasteiger partial charge is 0.236 e. The van der Waals surface area contributed by atoms with Gasteiger partial charge in [-0.2, -0.15) is 5.06 Å². The molecular formula is C28H34F2N4O5. The van der Waals surface area contributed by atoms with Crippen molar-refractivity contribution in [3.05, 3.63) is 77.0 Å². The molecule has 11 heteroatoms. The van der Waals surface area contributed by atoms with Gasteiger partial charge in [-0.15, -0.1) is 5.10 Å². The van der Waals surface area contributed by atoms with E-state index in [0.717, 1.165) is 17.8 Å². The van der Waals surface area contributed by atoms with Crippen LogP contribution in [-0.2, 0) is 20.8 Å². The fourth-order valence-electron chi connectivity index (χ4n) is 4.32. The number of rotatable bonds is 11. The predicted molar refractivity (Wildman–Crippen MR) is 139 cm³/mol. The molecule has 39 heavy (non-hydrogen) atoms. The Morgan fingerprint density at radius 3 is 2.62 bits per heavy atom. The summed E-state index contributed by atoms with van der Waals surface area (Å²) in [5.41, 5.74) is 1.37. The van der Waals surface area contributed by atoms with E-state index < -0.39 is 29.4 Å². The van der Waals surface area contributed by atoms with Crippen LogP contribution in [0.2, 0.25) is 0 Å². The van der Waals surface area contributed by atoms with Crippen LogP contribution in [0.3, 0.4) is 0 Å². The number of carbonyl (C=O) groups excluding carboxylic acids is 1. The SMILES string of the molecule is COCCN1C[C@@H](NC(=O)Cc2c(C)c(OCC(C)(C)O)nn2-c2ccccc2)[C@H](c2ccc(F)c(F)c2)O1. The molecule has 2 aromatic carbocycles. The number of nitrogens with zero attached hydrogens (tertiary/aromatic N) is 3. The third-order valence-corrected chi connectivity index (χ3v) is 6.28. The van der Waals surface area contributed by atoms with Crippen LogP contribution in [0.4, 0.5) is 8.78 Å². The number of carbonyl (C=O) groups is 1. The molecule has 0 unspecified atom stereocenters. The molecule has 210 valence electrons. The topological polar surface area (TPSA) is 98.1 Å². The Labute approximate surface area is 226 Å². The average Bonchev–Trinajstić information content (AvgIpc) is 3.43. The number of hydrogen-bond donors (Lipinski definition) is 2. The van der Waals surface area contributed by atoms with Crippen LogP contribution in [0.25, 0.3) is 5.69 Å². The minimum atomic E-state index is -1.06. The molecule has 0 spiro atoms. The zero-order valence-electron chi connectivity index (χ0n) is 22.5. The molecule has 4 rings (SSSR count). The monoisotopic (exact) mass is 544 g/mol. The minimum Gasteiger partial charge on any atom is -0.473 e.